The minimum Gasteiger partial charge on any atom is -0.497 e. The highest BCUT2D eigenvalue weighted by molar-refractivity contribution is 7.92. The second-order valence-electron chi connectivity index (χ2n) is 7.76. The molecule has 0 aliphatic heterocycles. The number of rotatable bonds is 9. The third-order valence-electron chi connectivity index (χ3n) is 4.77. The maximum Gasteiger partial charge on any atom is 0.264 e. The highest BCUT2D eigenvalue weighted by Gasteiger charge is 2.27. The molecular weight excluding hydrogens is 440 g/mol. The van der Waals surface area contributed by atoms with Crippen LogP contribution in [0.2, 0.25) is 0 Å². The molecule has 0 saturated heterocycles. The molecule has 0 aliphatic rings. The van der Waals surface area contributed by atoms with E-state index in [0.717, 1.165) is 9.87 Å². The first-order valence-electron chi connectivity index (χ1n) is 10.5. The van der Waals surface area contributed by atoms with Gasteiger partial charge in [0.05, 0.1) is 23.8 Å². The van der Waals surface area contributed by atoms with E-state index in [9.17, 15) is 13.2 Å². The van der Waals surface area contributed by atoms with Gasteiger partial charge in [-0.3, -0.25) is 9.10 Å². The third kappa shape index (κ3) is 6.26. The molecule has 1 amide bonds. The van der Waals surface area contributed by atoms with Crippen molar-refractivity contribution in [2.24, 2.45) is 0 Å². The van der Waals surface area contributed by atoms with Gasteiger partial charge in [-0.2, -0.15) is 0 Å². The van der Waals surface area contributed by atoms with Crippen molar-refractivity contribution < 1.29 is 22.7 Å². The quantitative estimate of drug-likeness (QED) is 0.495. The van der Waals surface area contributed by atoms with Crippen molar-refractivity contribution in [3.8, 4) is 11.5 Å². The number of hydrogen-bond donors (Lipinski definition) is 1. The predicted molar refractivity (Wildman–Crippen MR) is 130 cm³/mol. The summed E-state index contributed by atoms with van der Waals surface area (Å²) in [5, 5.41) is 2.76. The fourth-order valence-corrected chi connectivity index (χ4v) is 4.54. The molecule has 0 unspecified atom stereocenters. The molecule has 3 aromatic rings. The monoisotopic (exact) mass is 468 g/mol. The van der Waals surface area contributed by atoms with E-state index >= 15 is 0 Å². The summed E-state index contributed by atoms with van der Waals surface area (Å²) < 4.78 is 38.7. The molecule has 0 radical (unpaired) electrons. The van der Waals surface area contributed by atoms with E-state index in [1.165, 1.54) is 19.2 Å². The fraction of sp³-hybridized carbons (Fsp3) is 0.240. The molecule has 0 atom stereocenters. The summed E-state index contributed by atoms with van der Waals surface area (Å²) in [6.07, 6.45) is 0.0386. The molecule has 0 fully saturated rings. The molecule has 1 N–H and O–H groups in total. The molecule has 8 heteroatoms. The number of ether oxygens (including phenoxy) is 2. The van der Waals surface area contributed by atoms with Crippen molar-refractivity contribution >= 4 is 27.3 Å². The number of anilines is 2. The minimum absolute atomic E-state index is 0.0386. The van der Waals surface area contributed by atoms with Crippen LogP contribution in [0, 0.1) is 6.92 Å². The average Bonchev–Trinajstić information content (AvgIpc) is 2.79. The maximum absolute atomic E-state index is 13.4. The Labute approximate surface area is 195 Å². The Bertz CT molecular complexity index is 1170. The first kappa shape index (κ1) is 24.1. The number of amides is 1. The topological polar surface area (TPSA) is 84.9 Å². The zero-order valence-corrected chi connectivity index (χ0v) is 19.9. The Balaban J connectivity index is 1.85. The molecule has 3 aromatic carbocycles. The SMILES string of the molecule is COc1ccc(S(=O)(=O)N(CC(=O)Nc2ccc(OC(C)C)cc2)c2ccc(C)cc2)cc1. The molecule has 0 heterocycles. The van der Waals surface area contributed by atoms with Crippen LogP contribution >= 0.6 is 0 Å². The van der Waals surface area contributed by atoms with Gasteiger partial charge in [-0.25, -0.2) is 8.42 Å². The average molecular weight is 469 g/mol. The van der Waals surface area contributed by atoms with Crippen molar-refractivity contribution in [2.75, 3.05) is 23.3 Å². The normalized spacial score (nSPS) is 11.2. The van der Waals surface area contributed by atoms with Crippen LogP contribution in [0.3, 0.4) is 0 Å². The summed E-state index contributed by atoms with van der Waals surface area (Å²) in [6.45, 7) is 5.38. The number of sulfonamides is 1. The van der Waals surface area contributed by atoms with Gasteiger partial charge in [0.1, 0.15) is 18.0 Å². The number of carbonyl (C=O) groups is 1. The molecule has 33 heavy (non-hydrogen) atoms. The van der Waals surface area contributed by atoms with Crippen LogP contribution in [-0.2, 0) is 14.8 Å². The number of methoxy groups -OCH3 is 1. The largest absolute Gasteiger partial charge is 0.497 e. The molecule has 3 rings (SSSR count). The zero-order chi connectivity index (χ0) is 24.0. The molecular formula is C25H28N2O5S. The number of benzene rings is 3. The fourth-order valence-electron chi connectivity index (χ4n) is 3.12. The number of nitrogens with zero attached hydrogens (tertiary/aromatic N) is 1. The molecule has 0 aliphatic carbocycles. The van der Waals surface area contributed by atoms with Gasteiger partial charge in [0, 0.05) is 5.69 Å². The van der Waals surface area contributed by atoms with Crippen LogP contribution in [0.4, 0.5) is 11.4 Å². The lowest BCUT2D eigenvalue weighted by Gasteiger charge is -2.24. The van der Waals surface area contributed by atoms with Crippen molar-refractivity contribution in [1.82, 2.24) is 0 Å². The number of carbonyl (C=O) groups excluding carboxylic acids is 1. The summed E-state index contributed by atoms with van der Waals surface area (Å²) in [6, 6.07) is 20.0. The molecule has 7 nitrogen and oxygen atoms in total. The van der Waals surface area contributed by atoms with Gasteiger partial charge in [0.2, 0.25) is 5.91 Å². The van der Waals surface area contributed by atoms with Crippen LogP contribution < -0.4 is 19.1 Å². The highest BCUT2D eigenvalue weighted by atomic mass is 32.2. The first-order valence-corrected chi connectivity index (χ1v) is 11.9. The van der Waals surface area contributed by atoms with Gasteiger partial charge in [0.25, 0.3) is 10.0 Å². The van der Waals surface area contributed by atoms with Crippen LogP contribution in [0.5, 0.6) is 11.5 Å². The number of nitrogens with one attached hydrogen (secondary N) is 1. The van der Waals surface area contributed by atoms with Crippen LogP contribution in [0.25, 0.3) is 0 Å². The van der Waals surface area contributed by atoms with E-state index < -0.39 is 15.9 Å². The molecule has 0 bridgehead atoms. The summed E-state index contributed by atoms with van der Waals surface area (Å²) in [4.78, 5) is 12.9. The second-order valence-corrected chi connectivity index (χ2v) is 9.62. The van der Waals surface area contributed by atoms with Gasteiger partial charge in [0.15, 0.2) is 0 Å². The van der Waals surface area contributed by atoms with Gasteiger partial charge < -0.3 is 14.8 Å². The number of hydrogen-bond acceptors (Lipinski definition) is 5. The lowest BCUT2D eigenvalue weighted by atomic mass is 10.2. The predicted octanol–water partition coefficient (Wildman–Crippen LogP) is 4.62. The van der Waals surface area contributed by atoms with E-state index in [1.807, 2.05) is 20.8 Å². The molecule has 174 valence electrons. The van der Waals surface area contributed by atoms with Crippen LogP contribution in [-0.4, -0.2) is 34.1 Å². The van der Waals surface area contributed by atoms with Gasteiger partial charge in [-0.1, -0.05) is 17.7 Å². The van der Waals surface area contributed by atoms with Crippen molar-refractivity contribution in [1.29, 1.82) is 0 Å². The van der Waals surface area contributed by atoms with E-state index in [1.54, 1.807) is 60.7 Å². The van der Waals surface area contributed by atoms with Crippen LogP contribution in [0.15, 0.2) is 77.7 Å². The standard InChI is InChI=1S/C25H28N2O5S/c1-18(2)32-23-11-7-20(8-12-23)26-25(28)17-27(21-9-5-19(3)6-10-21)33(29,30)24-15-13-22(31-4)14-16-24/h5-16,18H,17H2,1-4H3,(H,26,28). The second kappa shape index (κ2) is 10.4. The minimum atomic E-state index is -4.00. The molecule has 0 aromatic heterocycles. The lowest BCUT2D eigenvalue weighted by Crippen LogP contribution is -2.38. The molecule has 0 saturated carbocycles. The van der Waals surface area contributed by atoms with Gasteiger partial charge in [-0.05, 0) is 81.4 Å². The van der Waals surface area contributed by atoms with Gasteiger partial charge >= 0.3 is 0 Å². The summed E-state index contributed by atoms with van der Waals surface area (Å²) in [7, 11) is -2.49. The summed E-state index contributed by atoms with van der Waals surface area (Å²) >= 11 is 0. The van der Waals surface area contributed by atoms with Gasteiger partial charge in [-0.15, -0.1) is 0 Å². The van der Waals surface area contributed by atoms with Crippen molar-refractivity contribution in [3.63, 3.8) is 0 Å². The van der Waals surface area contributed by atoms with Crippen molar-refractivity contribution in [3.05, 3.63) is 78.4 Å². The Morgan fingerprint density at radius 1 is 0.909 bits per heavy atom. The van der Waals surface area contributed by atoms with E-state index in [2.05, 4.69) is 5.32 Å². The van der Waals surface area contributed by atoms with E-state index in [-0.39, 0.29) is 17.5 Å². The van der Waals surface area contributed by atoms with Crippen molar-refractivity contribution in [2.45, 2.75) is 31.8 Å². The Morgan fingerprint density at radius 2 is 1.48 bits per heavy atom. The van der Waals surface area contributed by atoms with Crippen LogP contribution in [0.1, 0.15) is 19.4 Å². The van der Waals surface area contributed by atoms with E-state index in [0.29, 0.717) is 22.9 Å². The lowest BCUT2D eigenvalue weighted by molar-refractivity contribution is -0.114. The zero-order valence-electron chi connectivity index (χ0n) is 19.1. The smallest absolute Gasteiger partial charge is 0.264 e. The Hall–Kier alpha value is -3.52. The number of aryl methyl sites for hydroxylation is 1. The summed E-state index contributed by atoms with van der Waals surface area (Å²) in [5.74, 6) is 0.759. The summed E-state index contributed by atoms with van der Waals surface area (Å²) in [5.41, 5.74) is 1.92. The Kier molecular flexibility index (Phi) is 7.60. The Morgan fingerprint density at radius 3 is 2.03 bits per heavy atom. The van der Waals surface area contributed by atoms with E-state index in [4.69, 9.17) is 9.47 Å². The first-order chi connectivity index (χ1) is 15.7. The molecule has 0 spiro atoms. The maximum atomic E-state index is 13.4. The highest BCUT2D eigenvalue weighted by Crippen LogP contribution is 2.26. The third-order valence-corrected chi connectivity index (χ3v) is 6.55.